The first-order valence-corrected chi connectivity index (χ1v) is 8.09. The van der Waals surface area contributed by atoms with Gasteiger partial charge in [-0.2, -0.15) is 9.97 Å². The number of nitro groups is 1. The van der Waals surface area contributed by atoms with E-state index >= 15 is 0 Å². The molecule has 1 aromatic carbocycles. The topological polar surface area (TPSA) is 119 Å². The van der Waals surface area contributed by atoms with E-state index in [2.05, 4.69) is 15.3 Å². The molecule has 0 radical (unpaired) electrons. The normalized spacial score (nSPS) is 20.0. The van der Waals surface area contributed by atoms with Crippen LogP contribution in [0.1, 0.15) is 13.8 Å². The average molecular weight is 362 g/mol. The number of para-hydroxylation sites is 1. The predicted molar refractivity (Wildman–Crippen MR) is 95.0 cm³/mol. The molecule has 0 unspecified atom stereocenters. The van der Waals surface area contributed by atoms with Gasteiger partial charge in [-0.05, 0) is 26.0 Å². The van der Waals surface area contributed by atoms with Crippen molar-refractivity contribution in [3.05, 3.63) is 40.2 Å². The predicted octanol–water partition coefficient (Wildman–Crippen LogP) is 2.46. The molecule has 138 valence electrons. The van der Waals surface area contributed by atoms with Crippen LogP contribution in [-0.4, -0.2) is 40.2 Å². The van der Waals surface area contributed by atoms with Crippen LogP contribution in [0.15, 0.2) is 24.3 Å². The highest BCUT2D eigenvalue weighted by molar-refractivity contribution is 5.72. The Morgan fingerprint density at radius 2 is 1.96 bits per heavy atom. The summed E-state index contributed by atoms with van der Waals surface area (Å²) in [4.78, 5) is 20.8. The minimum absolute atomic E-state index is 0.0139. The molecule has 0 bridgehead atoms. The van der Waals surface area contributed by atoms with Crippen LogP contribution >= 0.6 is 0 Å². The number of hydrogen-bond donors (Lipinski definition) is 2. The van der Waals surface area contributed by atoms with Crippen molar-refractivity contribution in [2.75, 3.05) is 29.0 Å². The zero-order valence-electron chi connectivity index (χ0n) is 14.3. The molecule has 10 heteroatoms. The van der Waals surface area contributed by atoms with Gasteiger partial charge in [-0.1, -0.05) is 12.1 Å². The Kier molecular flexibility index (Phi) is 4.85. The van der Waals surface area contributed by atoms with Crippen LogP contribution in [0, 0.1) is 15.9 Å². The molecule has 0 spiro atoms. The number of nitrogens with two attached hydrogens (primary N) is 1. The van der Waals surface area contributed by atoms with Gasteiger partial charge in [0.25, 0.3) is 0 Å². The van der Waals surface area contributed by atoms with Crippen LogP contribution in [0.5, 0.6) is 0 Å². The summed E-state index contributed by atoms with van der Waals surface area (Å²) in [5.41, 5.74) is 5.58. The Balaban J connectivity index is 2.02. The summed E-state index contributed by atoms with van der Waals surface area (Å²) in [5, 5.41) is 14.2. The van der Waals surface area contributed by atoms with Crippen molar-refractivity contribution >= 4 is 29.0 Å². The van der Waals surface area contributed by atoms with E-state index in [0.29, 0.717) is 13.1 Å². The summed E-state index contributed by atoms with van der Waals surface area (Å²) in [6.45, 7) is 4.58. The summed E-state index contributed by atoms with van der Waals surface area (Å²) in [5.74, 6) is -0.711. The molecule has 2 heterocycles. The maximum absolute atomic E-state index is 13.9. The van der Waals surface area contributed by atoms with Crippen molar-refractivity contribution in [1.29, 1.82) is 0 Å². The second-order valence-electron chi connectivity index (χ2n) is 6.13. The Morgan fingerprint density at radius 3 is 2.58 bits per heavy atom. The highest BCUT2D eigenvalue weighted by Gasteiger charge is 2.32. The number of morpholine rings is 1. The summed E-state index contributed by atoms with van der Waals surface area (Å²) in [6.07, 6.45) is -0.255. The Labute approximate surface area is 149 Å². The molecule has 3 N–H and O–H groups in total. The first-order valence-electron chi connectivity index (χ1n) is 8.09. The van der Waals surface area contributed by atoms with Crippen LogP contribution in [0.3, 0.4) is 0 Å². The number of nitrogen functional groups attached to an aromatic ring is 1. The standard InChI is InChI=1S/C16H19FN6O3/c1-9-7-22(8-10(2)26-9)15-13(23(24)25)14(18)20-16(21-15)19-12-6-4-3-5-11(12)17/h3-6,9-10H,7-8H2,1-2H3,(H3,18,19,20,21)/t9-,10-/m1/s1. The lowest BCUT2D eigenvalue weighted by atomic mass is 10.2. The van der Waals surface area contributed by atoms with E-state index in [4.69, 9.17) is 10.5 Å². The molecular weight excluding hydrogens is 343 g/mol. The smallest absolute Gasteiger partial charge is 0.353 e. The summed E-state index contributed by atoms with van der Waals surface area (Å²) in [7, 11) is 0. The van der Waals surface area contributed by atoms with Crippen molar-refractivity contribution in [2.45, 2.75) is 26.1 Å². The monoisotopic (exact) mass is 362 g/mol. The Hall–Kier alpha value is -3.01. The van der Waals surface area contributed by atoms with Gasteiger partial charge >= 0.3 is 5.69 Å². The van der Waals surface area contributed by atoms with Gasteiger partial charge in [0.2, 0.25) is 17.6 Å². The van der Waals surface area contributed by atoms with Gasteiger partial charge in [0.1, 0.15) is 5.82 Å². The average Bonchev–Trinajstić information content (AvgIpc) is 2.55. The summed E-state index contributed by atoms with van der Waals surface area (Å²) < 4.78 is 19.5. The van der Waals surface area contributed by atoms with Crippen molar-refractivity contribution in [3.8, 4) is 0 Å². The minimum Gasteiger partial charge on any atom is -0.378 e. The largest absolute Gasteiger partial charge is 0.378 e. The third-order valence-corrected chi connectivity index (χ3v) is 3.91. The molecular formula is C16H19FN6O3. The zero-order chi connectivity index (χ0) is 18.8. The number of nitrogens with zero attached hydrogens (tertiary/aromatic N) is 4. The Bertz CT molecular complexity index is 824. The van der Waals surface area contributed by atoms with E-state index in [-0.39, 0.29) is 41.2 Å². The highest BCUT2D eigenvalue weighted by Crippen LogP contribution is 2.34. The molecule has 0 aliphatic carbocycles. The quantitative estimate of drug-likeness (QED) is 0.629. The molecule has 9 nitrogen and oxygen atoms in total. The van der Waals surface area contributed by atoms with Crippen LogP contribution in [0.2, 0.25) is 0 Å². The third kappa shape index (κ3) is 3.64. The lowest BCUT2D eigenvalue weighted by molar-refractivity contribution is -0.383. The van der Waals surface area contributed by atoms with Crippen LogP contribution < -0.4 is 16.0 Å². The third-order valence-electron chi connectivity index (χ3n) is 3.91. The van der Waals surface area contributed by atoms with Gasteiger partial charge in [0.05, 0.1) is 22.8 Å². The number of aromatic nitrogens is 2. The number of nitrogens with one attached hydrogen (secondary N) is 1. The highest BCUT2D eigenvalue weighted by atomic mass is 19.1. The molecule has 1 saturated heterocycles. The number of hydrogen-bond acceptors (Lipinski definition) is 8. The summed E-state index contributed by atoms with van der Waals surface area (Å²) >= 11 is 0. The van der Waals surface area contributed by atoms with Gasteiger partial charge in [-0.25, -0.2) is 4.39 Å². The molecule has 2 atom stereocenters. The molecule has 0 amide bonds. The minimum atomic E-state index is -0.609. The van der Waals surface area contributed by atoms with Crippen LogP contribution in [0.25, 0.3) is 0 Å². The first kappa shape index (κ1) is 17.8. The van der Waals surface area contributed by atoms with Crippen LogP contribution in [-0.2, 0) is 4.74 Å². The molecule has 1 aliphatic rings. The lowest BCUT2D eigenvalue weighted by Crippen LogP contribution is -2.46. The van der Waals surface area contributed by atoms with Crippen LogP contribution in [0.4, 0.5) is 33.3 Å². The number of halogens is 1. The van der Waals surface area contributed by atoms with Crippen molar-refractivity contribution in [3.63, 3.8) is 0 Å². The fraction of sp³-hybridized carbons (Fsp3) is 0.375. The fourth-order valence-corrected chi connectivity index (χ4v) is 2.95. The van der Waals surface area contributed by atoms with E-state index in [9.17, 15) is 14.5 Å². The van der Waals surface area contributed by atoms with Gasteiger partial charge in [-0.3, -0.25) is 10.1 Å². The van der Waals surface area contributed by atoms with E-state index in [1.807, 2.05) is 13.8 Å². The molecule has 3 rings (SSSR count). The maximum Gasteiger partial charge on any atom is 0.353 e. The van der Waals surface area contributed by atoms with Crippen molar-refractivity contribution in [1.82, 2.24) is 9.97 Å². The zero-order valence-corrected chi connectivity index (χ0v) is 14.3. The first-order chi connectivity index (χ1) is 12.3. The second kappa shape index (κ2) is 7.08. The number of anilines is 4. The molecule has 26 heavy (non-hydrogen) atoms. The molecule has 1 aliphatic heterocycles. The molecule has 1 aromatic heterocycles. The lowest BCUT2D eigenvalue weighted by Gasteiger charge is -2.35. The van der Waals surface area contributed by atoms with E-state index in [1.165, 1.54) is 12.1 Å². The number of rotatable bonds is 4. The SMILES string of the molecule is C[C@@H]1CN(c2nc(Nc3ccccc3F)nc(N)c2[N+](=O)[O-])C[C@@H](C)O1. The molecule has 1 fully saturated rings. The van der Waals surface area contributed by atoms with Gasteiger partial charge < -0.3 is 20.7 Å². The van der Waals surface area contributed by atoms with E-state index < -0.39 is 10.7 Å². The number of ether oxygens (including phenoxy) is 1. The van der Waals surface area contributed by atoms with Gasteiger partial charge in [-0.15, -0.1) is 0 Å². The molecule has 2 aromatic rings. The molecule has 0 saturated carbocycles. The second-order valence-corrected chi connectivity index (χ2v) is 6.13. The van der Waals surface area contributed by atoms with E-state index in [0.717, 1.165) is 0 Å². The van der Waals surface area contributed by atoms with Crippen molar-refractivity contribution in [2.24, 2.45) is 0 Å². The van der Waals surface area contributed by atoms with Gasteiger partial charge in [0.15, 0.2) is 0 Å². The Morgan fingerprint density at radius 1 is 1.31 bits per heavy atom. The maximum atomic E-state index is 13.9. The van der Waals surface area contributed by atoms with Crippen molar-refractivity contribution < 1.29 is 14.1 Å². The fourth-order valence-electron chi connectivity index (χ4n) is 2.95. The van der Waals surface area contributed by atoms with Gasteiger partial charge in [0, 0.05) is 13.1 Å². The number of benzene rings is 1. The van der Waals surface area contributed by atoms with E-state index in [1.54, 1.807) is 17.0 Å². The summed E-state index contributed by atoms with van der Waals surface area (Å²) in [6, 6.07) is 5.98.